The van der Waals surface area contributed by atoms with E-state index in [9.17, 15) is 19.6 Å². The minimum atomic E-state index is -0.958. The second-order valence-corrected chi connectivity index (χ2v) is 5.92. The molecular weight excluding hydrogens is 333 g/mol. The summed E-state index contributed by atoms with van der Waals surface area (Å²) in [6.07, 6.45) is 4.11. The lowest BCUT2D eigenvalue weighted by molar-refractivity contribution is -0.386. The first kappa shape index (κ1) is 15.2. The zero-order valence-electron chi connectivity index (χ0n) is 10.8. The second-order valence-electron chi connectivity index (χ2n) is 5.07. The third kappa shape index (κ3) is 3.46. The van der Waals surface area contributed by atoms with E-state index in [1.165, 1.54) is 0 Å². The summed E-state index contributed by atoms with van der Waals surface area (Å²) in [5.74, 6) is -0.761. The number of hydrogen-bond acceptors (Lipinski definition) is 4. The standard InChI is InChI=1S/C13H15BrFNO4/c14-10-6-9(15)7-11(16(18)19)12(10)20-8-13(17)4-2-1-3-5-13/h6-7,17H,1-5,8H2. The van der Waals surface area contributed by atoms with Crippen molar-refractivity contribution in [3.63, 3.8) is 0 Å². The molecule has 0 radical (unpaired) electrons. The average Bonchev–Trinajstić information content (AvgIpc) is 2.37. The predicted octanol–water partition coefficient (Wildman–Crippen LogP) is 3.57. The fourth-order valence-corrected chi connectivity index (χ4v) is 2.92. The first-order chi connectivity index (χ1) is 9.41. The largest absolute Gasteiger partial charge is 0.483 e. The zero-order valence-corrected chi connectivity index (χ0v) is 12.4. The van der Waals surface area contributed by atoms with E-state index >= 15 is 0 Å². The van der Waals surface area contributed by atoms with Gasteiger partial charge in [-0.15, -0.1) is 0 Å². The number of ether oxygens (including phenoxy) is 1. The van der Waals surface area contributed by atoms with Crippen molar-refractivity contribution in [2.45, 2.75) is 37.7 Å². The molecule has 1 aromatic carbocycles. The third-order valence-corrected chi connectivity index (χ3v) is 4.04. The Balaban J connectivity index is 2.18. The van der Waals surface area contributed by atoms with E-state index in [-0.39, 0.29) is 16.8 Å². The van der Waals surface area contributed by atoms with E-state index in [2.05, 4.69) is 15.9 Å². The van der Waals surface area contributed by atoms with Crippen LogP contribution in [0, 0.1) is 15.9 Å². The van der Waals surface area contributed by atoms with Crippen LogP contribution >= 0.6 is 15.9 Å². The highest BCUT2D eigenvalue weighted by Gasteiger charge is 2.31. The molecule has 1 saturated carbocycles. The molecule has 1 aliphatic carbocycles. The molecule has 0 atom stereocenters. The first-order valence-electron chi connectivity index (χ1n) is 6.40. The molecule has 1 aliphatic rings. The van der Waals surface area contributed by atoms with Gasteiger partial charge >= 0.3 is 5.69 Å². The van der Waals surface area contributed by atoms with Gasteiger partial charge in [0.05, 0.1) is 21.1 Å². The molecule has 2 rings (SSSR count). The fourth-order valence-electron chi connectivity index (χ4n) is 2.39. The Morgan fingerprint density at radius 3 is 2.65 bits per heavy atom. The number of halogens is 2. The van der Waals surface area contributed by atoms with Crippen molar-refractivity contribution in [1.82, 2.24) is 0 Å². The van der Waals surface area contributed by atoms with Gasteiger partial charge in [0.2, 0.25) is 5.75 Å². The molecule has 0 spiro atoms. The van der Waals surface area contributed by atoms with Gasteiger partial charge in [0.15, 0.2) is 0 Å². The minimum absolute atomic E-state index is 0.0297. The maximum absolute atomic E-state index is 13.2. The summed E-state index contributed by atoms with van der Waals surface area (Å²) in [6.45, 7) is -0.0297. The predicted molar refractivity (Wildman–Crippen MR) is 74.3 cm³/mol. The van der Waals surface area contributed by atoms with E-state index in [0.29, 0.717) is 12.8 Å². The molecule has 110 valence electrons. The van der Waals surface area contributed by atoms with Gasteiger partial charge in [0, 0.05) is 0 Å². The Hall–Kier alpha value is -1.21. The van der Waals surface area contributed by atoms with Crippen LogP contribution in [0.25, 0.3) is 0 Å². The van der Waals surface area contributed by atoms with Crippen LogP contribution in [0.15, 0.2) is 16.6 Å². The van der Waals surface area contributed by atoms with E-state index in [0.717, 1.165) is 31.4 Å². The normalized spacial score (nSPS) is 17.8. The van der Waals surface area contributed by atoms with Crippen molar-refractivity contribution in [2.24, 2.45) is 0 Å². The number of benzene rings is 1. The van der Waals surface area contributed by atoms with Crippen molar-refractivity contribution < 1.29 is 19.2 Å². The number of nitro groups is 1. The van der Waals surface area contributed by atoms with Gasteiger partial charge in [-0.05, 0) is 34.8 Å². The summed E-state index contributed by atoms with van der Waals surface area (Å²) >= 11 is 3.06. The minimum Gasteiger partial charge on any atom is -0.483 e. The quantitative estimate of drug-likeness (QED) is 0.667. The highest BCUT2D eigenvalue weighted by Crippen LogP contribution is 2.37. The van der Waals surface area contributed by atoms with Crippen molar-refractivity contribution in [1.29, 1.82) is 0 Å². The summed E-state index contributed by atoms with van der Waals surface area (Å²) < 4.78 is 18.8. The van der Waals surface area contributed by atoms with Gasteiger partial charge in [0.1, 0.15) is 12.4 Å². The maximum atomic E-state index is 13.2. The maximum Gasteiger partial charge on any atom is 0.315 e. The molecule has 5 nitrogen and oxygen atoms in total. The summed E-state index contributed by atoms with van der Waals surface area (Å²) in [4.78, 5) is 10.2. The second kappa shape index (κ2) is 6.05. The van der Waals surface area contributed by atoms with Gasteiger partial charge in [-0.25, -0.2) is 4.39 Å². The SMILES string of the molecule is O=[N+]([O-])c1cc(F)cc(Br)c1OCC1(O)CCCCC1. The van der Waals surface area contributed by atoms with Gasteiger partial charge in [-0.2, -0.15) is 0 Å². The van der Waals surface area contributed by atoms with Crippen molar-refractivity contribution >= 4 is 21.6 Å². The van der Waals surface area contributed by atoms with Crippen LogP contribution in [0.5, 0.6) is 5.75 Å². The molecular formula is C13H15BrFNO4. The van der Waals surface area contributed by atoms with Crippen LogP contribution in [0.1, 0.15) is 32.1 Å². The van der Waals surface area contributed by atoms with Crippen LogP contribution in [0.3, 0.4) is 0 Å². The Bertz CT molecular complexity index is 517. The molecule has 0 aliphatic heterocycles. The lowest BCUT2D eigenvalue weighted by Gasteiger charge is -2.31. The van der Waals surface area contributed by atoms with Crippen molar-refractivity contribution in [2.75, 3.05) is 6.61 Å². The van der Waals surface area contributed by atoms with Crippen molar-refractivity contribution in [3.05, 3.63) is 32.5 Å². The first-order valence-corrected chi connectivity index (χ1v) is 7.19. The van der Waals surface area contributed by atoms with Gasteiger partial charge in [0.25, 0.3) is 0 Å². The highest BCUT2D eigenvalue weighted by molar-refractivity contribution is 9.10. The smallest absolute Gasteiger partial charge is 0.315 e. The Kier molecular flexibility index (Phi) is 4.59. The summed E-state index contributed by atoms with van der Waals surface area (Å²) in [5, 5.41) is 21.3. The topological polar surface area (TPSA) is 72.6 Å². The summed E-state index contributed by atoms with van der Waals surface area (Å²) in [6, 6.07) is 1.91. The molecule has 0 amide bonds. The van der Waals surface area contributed by atoms with E-state index in [1.54, 1.807) is 0 Å². The molecule has 0 bridgehead atoms. The molecule has 1 N–H and O–H groups in total. The highest BCUT2D eigenvalue weighted by atomic mass is 79.9. The van der Waals surface area contributed by atoms with Gasteiger partial charge < -0.3 is 9.84 Å². The van der Waals surface area contributed by atoms with E-state index in [1.807, 2.05) is 0 Å². The van der Waals surface area contributed by atoms with Crippen molar-refractivity contribution in [3.8, 4) is 5.75 Å². The van der Waals surface area contributed by atoms with Crippen LogP contribution in [-0.2, 0) is 0 Å². The Labute approximate surface area is 124 Å². The Morgan fingerprint density at radius 2 is 2.05 bits per heavy atom. The van der Waals surface area contributed by atoms with Gasteiger partial charge in [-0.3, -0.25) is 10.1 Å². The number of hydrogen-bond donors (Lipinski definition) is 1. The molecule has 0 heterocycles. The van der Waals surface area contributed by atoms with E-state index < -0.39 is 22.0 Å². The average molecular weight is 348 g/mol. The number of nitrogens with zero attached hydrogens (tertiary/aromatic N) is 1. The molecule has 0 unspecified atom stereocenters. The number of rotatable bonds is 4. The summed E-state index contributed by atoms with van der Waals surface area (Å²) in [5.41, 5.74) is -1.41. The Morgan fingerprint density at radius 1 is 1.40 bits per heavy atom. The molecule has 7 heteroatoms. The van der Waals surface area contributed by atoms with Crippen LogP contribution in [0.2, 0.25) is 0 Å². The van der Waals surface area contributed by atoms with Crippen LogP contribution in [-0.4, -0.2) is 22.2 Å². The number of nitro benzene ring substituents is 1. The third-order valence-electron chi connectivity index (χ3n) is 3.45. The van der Waals surface area contributed by atoms with E-state index in [4.69, 9.17) is 4.74 Å². The van der Waals surface area contributed by atoms with Gasteiger partial charge in [-0.1, -0.05) is 19.3 Å². The monoisotopic (exact) mass is 347 g/mol. The van der Waals surface area contributed by atoms with Crippen LogP contribution in [0.4, 0.5) is 10.1 Å². The summed E-state index contributed by atoms with van der Waals surface area (Å²) in [7, 11) is 0. The molecule has 0 aromatic heterocycles. The number of aliphatic hydroxyl groups is 1. The lowest BCUT2D eigenvalue weighted by Crippen LogP contribution is -2.38. The van der Waals surface area contributed by atoms with Crippen LogP contribution < -0.4 is 4.74 Å². The molecule has 0 saturated heterocycles. The molecule has 1 aromatic rings. The molecule has 1 fully saturated rings. The zero-order chi connectivity index (χ0) is 14.8. The fraction of sp³-hybridized carbons (Fsp3) is 0.538. The lowest BCUT2D eigenvalue weighted by atomic mass is 9.85. The molecule has 20 heavy (non-hydrogen) atoms.